The first-order valence-electron chi connectivity index (χ1n) is 2.57. The van der Waals surface area contributed by atoms with E-state index < -0.39 is 24.6 Å². The molecule has 0 fully saturated rings. The highest BCUT2D eigenvalue weighted by Crippen LogP contribution is 2.39. The predicted molar refractivity (Wildman–Crippen MR) is 25.0 cm³/mol. The summed E-state index contributed by atoms with van der Waals surface area (Å²) in [7, 11) is 0. The van der Waals surface area contributed by atoms with E-state index in [4.69, 9.17) is 5.11 Å². The van der Waals surface area contributed by atoms with Crippen molar-refractivity contribution < 1.29 is 41.0 Å². The largest absolute Gasteiger partial charge is 0.510 e. The number of ether oxygens (including phenoxy) is 1. The van der Waals surface area contributed by atoms with Crippen molar-refractivity contribution in [1.82, 2.24) is 0 Å². The van der Waals surface area contributed by atoms with E-state index in [9.17, 15) is 31.1 Å². The van der Waals surface area contributed by atoms with Gasteiger partial charge in [-0.3, -0.25) is 0 Å². The van der Waals surface area contributed by atoms with E-state index in [-0.39, 0.29) is 0 Å². The average Bonchev–Trinajstić information content (AvgIpc) is 1.83. The van der Waals surface area contributed by atoms with Gasteiger partial charge in [0.25, 0.3) is 0 Å². The first kappa shape index (κ1) is 11.8. The van der Waals surface area contributed by atoms with Gasteiger partial charge in [0, 0.05) is 0 Å². The Labute approximate surface area is 66.9 Å². The molecule has 0 amide bonds. The lowest BCUT2D eigenvalue weighted by molar-refractivity contribution is -0.355. The van der Waals surface area contributed by atoms with Gasteiger partial charge < -0.3 is 9.84 Å². The van der Waals surface area contributed by atoms with Crippen LogP contribution in [0.3, 0.4) is 0 Å². The zero-order chi connectivity index (χ0) is 10.9. The van der Waals surface area contributed by atoms with E-state index in [2.05, 4.69) is 4.74 Å². The molecular weight excluding hydrogens is 210 g/mol. The summed E-state index contributed by atoms with van der Waals surface area (Å²) in [5, 5.41) is 7.51. The first-order valence-corrected chi connectivity index (χ1v) is 2.57. The minimum absolute atomic E-state index is 2.32. The molecule has 0 aromatic heterocycles. The van der Waals surface area contributed by atoms with Gasteiger partial charge in [0.15, 0.2) is 0 Å². The maximum atomic E-state index is 11.9. The third kappa shape index (κ3) is 2.39. The number of hydrogen-bond donors (Lipinski definition) is 1. The summed E-state index contributed by atoms with van der Waals surface area (Å²) in [4.78, 5) is 9.40. The van der Waals surface area contributed by atoms with E-state index in [0.29, 0.717) is 0 Å². The second kappa shape index (κ2) is 3.30. The molecule has 0 saturated carbocycles. The van der Waals surface area contributed by atoms with Crippen LogP contribution in [0.25, 0.3) is 0 Å². The van der Waals surface area contributed by atoms with Gasteiger partial charge in [-0.15, -0.1) is 0 Å². The fraction of sp³-hybridized carbons (Fsp3) is 0.750. The maximum Gasteiger partial charge on any atom is 0.510 e. The summed E-state index contributed by atoms with van der Waals surface area (Å²) in [6.07, 6.45) is -13.2. The van der Waals surface area contributed by atoms with Crippen LogP contribution in [0.15, 0.2) is 0 Å². The van der Waals surface area contributed by atoms with Crippen LogP contribution in [-0.2, 0) is 4.74 Å². The van der Waals surface area contributed by atoms with Crippen molar-refractivity contribution in [2.24, 2.45) is 0 Å². The Balaban J connectivity index is 4.70. The van der Waals surface area contributed by atoms with E-state index in [1.165, 1.54) is 0 Å². The maximum absolute atomic E-state index is 11.9. The summed E-state index contributed by atoms with van der Waals surface area (Å²) >= 11 is 0. The zero-order valence-corrected chi connectivity index (χ0v) is 5.61. The number of halogens is 6. The minimum atomic E-state index is -5.84. The molecule has 0 spiro atoms. The third-order valence-electron chi connectivity index (χ3n) is 0.878. The third-order valence-corrected chi connectivity index (χ3v) is 0.878. The van der Waals surface area contributed by atoms with Crippen LogP contribution in [0, 0.1) is 0 Å². The van der Waals surface area contributed by atoms with E-state index in [1.807, 2.05) is 0 Å². The van der Waals surface area contributed by atoms with Crippen molar-refractivity contribution in [2.45, 2.75) is 18.5 Å². The van der Waals surface area contributed by atoms with Crippen molar-refractivity contribution in [3.63, 3.8) is 0 Å². The quantitative estimate of drug-likeness (QED) is 0.576. The Morgan fingerprint density at radius 1 is 1.23 bits per heavy atom. The van der Waals surface area contributed by atoms with Crippen molar-refractivity contribution in [3.05, 3.63) is 0 Å². The first-order chi connectivity index (χ1) is 5.61. The molecule has 0 radical (unpaired) electrons. The van der Waals surface area contributed by atoms with Crippen molar-refractivity contribution in [3.8, 4) is 0 Å². The van der Waals surface area contributed by atoms with Crippen LogP contribution in [0.1, 0.15) is 0 Å². The molecule has 3 nitrogen and oxygen atoms in total. The number of rotatable bonds is 3. The normalized spacial score (nSPS) is 13.2. The molecule has 0 heterocycles. The standard InChI is InChI=1S/C4H2F6O3/c5-1(6)3(7,8)4(9,10)13-2(11)12/h1H,(H,11,12). The molecule has 0 aliphatic carbocycles. The van der Waals surface area contributed by atoms with Crippen LogP contribution in [0.4, 0.5) is 31.1 Å². The molecular formula is C4H2F6O3. The van der Waals surface area contributed by atoms with E-state index in [0.717, 1.165) is 0 Å². The molecule has 0 rings (SSSR count). The highest BCUT2D eigenvalue weighted by Gasteiger charge is 2.66. The highest BCUT2D eigenvalue weighted by molar-refractivity contribution is 5.57. The molecule has 0 aliphatic heterocycles. The van der Waals surface area contributed by atoms with E-state index in [1.54, 1.807) is 0 Å². The van der Waals surface area contributed by atoms with Gasteiger partial charge in [-0.1, -0.05) is 0 Å². The molecule has 0 aliphatic rings. The second-order valence-electron chi connectivity index (χ2n) is 1.81. The number of carbonyl (C=O) groups is 1. The number of alkyl halides is 6. The summed E-state index contributed by atoms with van der Waals surface area (Å²) in [6.45, 7) is 0. The molecule has 0 atom stereocenters. The monoisotopic (exact) mass is 212 g/mol. The van der Waals surface area contributed by atoms with Crippen LogP contribution < -0.4 is 0 Å². The van der Waals surface area contributed by atoms with Gasteiger partial charge in [-0.2, -0.15) is 17.6 Å². The van der Waals surface area contributed by atoms with Crippen molar-refractivity contribution in [1.29, 1.82) is 0 Å². The Morgan fingerprint density at radius 2 is 1.62 bits per heavy atom. The summed E-state index contributed by atoms with van der Waals surface area (Å²) < 4.78 is 72.2. The van der Waals surface area contributed by atoms with Gasteiger partial charge in [0.05, 0.1) is 0 Å². The topological polar surface area (TPSA) is 46.5 Å². The fourth-order valence-corrected chi connectivity index (χ4v) is 0.305. The summed E-state index contributed by atoms with van der Waals surface area (Å²) in [5.41, 5.74) is 0. The lowest BCUT2D eigenvalue weighted by Crippen LogP contribution is -2.49. The summed E-state index contributed by atoms with van der Waals surface area (Å²) in [5.74, 6) is -5.84. The molecule has 78 valence electrons. The van der Waals surface area contributed by atoms with E-state index >= 15 is 0 Å². The Hall–Kier alpha value is -1.15. The van der Waals surface area contributed by atoms with Crippen molar-refractivity contribution in [2.75, 3.05) is 0 Å². The Morgan fingerprint density at radius 3 is 1.85 bits per heavy atom. The molecule has 9 heteroatoms. The van der Waals surface area contributed by atoms with Gasteiger partial charge in [-0.05, 0) is 0 Å². The second-order valence-corrected chi connectivity index (χ2v) is 1.81. The summed E-state index contributed by atoms with van der Waals surface area (Å²) in [6, 6.07) is 0. The Bertz CT molecular complexity index is 202. The molecule has 0 aromatic carbocycles. The van der Waals surface area contributed by atoms with Crippen LogP contribution in [0.2, 0.25) is 0 Å². The number of carboxylic acid groups (broad SMARTS) is 1. The average molecular weight is 212 g/mol. The van der Waals surface area contributed by atoms with Gasteiger partial charge >= 0.3 is 24.6 Å². The van der Waals surface area contributed by atoms with Gasteiger partial charge in [0.1, 0.15) is 0 Å². The fourth-order valence-electron chi connectivity index (χ4n) is 0.305. The lowest BCUT2D eigenvalue weighted by atomic mass is 10.3. The predicted octanol–water partition coefficient (Wildman–Crippen LogP) is 2.17. The van der Waals surface area contributed by atoms with Gasteiger partial charge in [0.2, 0.25) is 0 Å². The SMILES string of the molecule is O=C(O)OC(F)(F)C(F)(F)C(F)F. The van der Waals surface area contributed by atoms with Gasteiger partial charge in [-0.25, -0.2) is 13.6 Å². The van der Waals surface area contributed by atoms with Crippen LogP contribution in [0.5, 0.6) is 0 Å². The molecule has 0 bridgehead atoms. The highest BCUT2D eigenvalue weighted by atomic mass is 19.3. The minimum Gasteiger partial charge on any atom is -0.450 e. The zero-order valence-electron chi connectivity index (χ0n) is 5.61. The molecule has 0 aromatic rings. The van der Waals surface area contributed by atoms with Crippen LogP contribution >= 0.6 is 0 Å². The lowest BCUT2D eigenvalue weighted by Gasteiger charge is -2.23. The Kier molecular flexibility index (Phi) is 3.01. The van der Waals surface area contributed by atoms with Crippen LogP contribution in [-0.4, -0.2) is 29.7 Å². The molecule has 0 unspecified atom stereocenters. The molecule has 1 N–H and O–H groups in total. The smallest absolute Gasteiger partial charge is 0.450 e. The van der Waals surface area contributed by atoms with Crippen molar-refractivity contribution >= 4 is 6.16 Å². The molecule has 0 saturated heterocycles. The molecule has 13 heavy (non-hydrogen) atoms. The number of hydrogen-bond acceptors (Lipinski definition) is 2.